The van der Waals surface area contributed by atoms with Gasteiger partial charge < -0.3 is 15.0 Å². The molecule has 1 aromatic heterocycles. The molecule has 0 aliphatic carbocycles. The maximum atomic E-state index is 5.49. The Morgan fingerprint density at radius 3 is 3.11 bits per heavy atom. The summed E-state index contributed by atoms with van der Waals surface area (Å²) in [4.78, 5) is 8.42. The molecule has 2 rings (SSSR count). The predicted octanol–water partition coefficient (Wildman–Crippen LogP) is 2.18. The van der Waals surface area contributed by atoms with Crippen LogP contribution >= 0.6 is 11.3 Å². The molecule has 2 heterocycles. The second kappa shape index (κ2) is 7.07. The van der Waals surface area contributed by atoms with E-state index in [1.807, 2.05) is 11.3 Å². The Labute approximate surface area is 113 Å². The number of nitrogens with one attached hydrogen (secondary N) is 1. The Morgan fingerprint density at radius 1 is 1.39 bits per heavy atom. The van der Waals surface area contributed by atoms with Crippen molar-refractivity contribution in [2.24, 2.45) is 0 Å². The molecule has 1 aromatic rings. The lowest BCUT2D eigenvalue weighted by Gasteiger charge is -2.17. The lowest BCUT2D eigenvalue weighted by atomic mass is 10.4. The van der Waals surface area contributed by atoms with Crippen LogP contribution in [0.15, 0.2) is 0 Å². The third kappa shape index (κ3) is 3.67. The number of ether oxygens (including phenoxy) is 1. The Hall–Kier alpha value is -0.650. The van der Waals surface area contributed by atoms with Gasteiger partial charge in [-0.05, 0) is 26.3 Å². The molecule has 18 heavy (non-hydrogen) atoms. The minimum Gasteiger partial charge on any atom is -0.380 e. The van der Waals surface area contributed by atoms with Crippen LogP contribution in [0.2, 0.25) is 0 Å². The maximum absolute atomic E-state index is 5.49. The predicted molar refractivity (Wildman–Crippen MR) is 76.5 cm³/mol. The van der Waals surface area contributed by atoms with E-state index in [0.29, 0.717) is 0 Å². The van der Waals surface area contributed by atoms with E-state index in [1.165, 1.54) is 17.0 Å². The molecule has 1 aliphatic rings. The molecule has 1 aliphatic heterocycles. The average Bonchev–Trinajstić information content (AvgIpc) is 2.59. The van der Waals surface area contributed by atoms with Crippen molar-refractivity contribution < 1.29 is 4.74 Å². The maximum Gasteiger partial charge on any atom is 0.185 e. The quantitative estimate of drug-likeness (QED) is 0.831. The summed E-state index contributed by atoms with van der Waals surface area (Å²) in [5.74, 6) is 0. The van der Waals surface area contributed by atoms with Crippen LogP contribution < -0.4 is 10.2 Å². The minimum absolute atomic E-state index is 0.821. The van der Waals surface area contributed by atoms with Crippen LogP contribution in [0, 0.1) is 6.92 Å². The molecule has 0 aromatic carbocycles. The third-order valence-electron chi connectivity index (χ3n) is 3.09. The van der Waals surface area contributed by atoms with Crippen molar-refractivity contribution in [2.75, 3.05) is 37.7 Å². The number of nitrogens with zero attached hydrogens (tertiary/aromatic N) is 2. The zero-order valence-electron chi connectivity index (χ0n) is 11.4. The number of aromatic nitrogens is 1. The molecule has 0 amide bonds. The van der Waals surface area contributed by atoms with E-state index in [2.05, 4.69) is 24.1 Å². The van der Waals surface area contributed by atoms with Crippen LogP contribution in [0.25, 0.3) is 0 Å². The van der Waals surface area contributed by atoms with Crippen LogP contribution in [0.4, 0.5) is 5.13 Å². The number of hydrogen-bond acceptors (Lipinski definition) is 5. The van der Waals surface area contributed by atoms with Crippen LogP contribution in [0.5, 0.6) is 0 Å². The number of thiazole rings is 1. The van der Waals surface area contributed by atoms with Crippen LogP contribution in [0.1, 0.15) is 30.3 Å². The fourth-order valence-corrected chi connectivity index (χ4v) is 3.11. The molecule has 1 fully saturated rings. The van der Waals surface area contributed by atoms with E-state index in [-0.39, 0.29) is 0 Å². The molecule has 0 unspecified atom stereocenters. The van der Waals surface area contributed by atoms with Gasteiger partial charge in [0.15, 0.2) is 5.13 Å². The summed E-state index contributed by atoms with van der Waals surface area (Å²) in [5.41, 5.74) is 1.17. The first-order valence-electron chi connectivity index (χ1n) is 6.81. The number of hydrogen-bond donors (Lipinski definition) is 1. The molecule has 5 heteroatoms. The first-order chi connectivity index (χ1) is 8.81. The summed E-state index contributed by atoms with van der Waals surface area (Å²) in [6, 6.07) is 0. The second-order valence-electron chi connectivity index (χ2n) is 4.63. The summed E-state index contributed by atoms with van der Waals surface area (Å²) in [5, 5.41) is 4.61. The first kappa shape index (κ1) is 13.8. The summed E-state index contributed by atoms with van der Waals surface area (Å²) in [7, 11) is 0. The van der Waals surface area contributed by atoms with Gasteiger partial charge in [-0.2, -0.15) is 0 Å². The monoisotopic (exact) mass is 269 g/mol. The highest BCUT2D eigenvalue weighted by molar-refractivity contribution is 7.15. The van der Waals surface area contributed by atoms with Gasteiger partial charge in [-0.1, -0.05) is 6.92 Å². The molecule has 4 nitrogen and oxygen atoms in total. The summed E-state index contributed by atoms with van der Waals surface area (Å²) in [6.07, 6.45) is 2.27. The van der Waals surface area contributed by atoms with Gasteiger partial charge >= 0.3 is 0 Å². The summed E-state index contributed by atoms with van der Waals surface area (Å²) < 4.78 is 5.49. The normalized spacial score (nSPS) is 16.9. The van der Waals surface area contributed by atoms with Crippen molar-refractivity contribution in [3.05, 3.63) is 10.6 Å². The molecular weight excluding hydrogens is 246 g/mol. The van der Waals surface area contributed by atoms with Crippen LogP contribution in [-0.4, -0.2) is 37.8 Å². The number of aryl methyl sites for hydroxylation is 1. The van der Waals surface area contributed by atoms with Gasteiger partial charge in [-0.3, -0.25) is 0 Å². The second-order valence-corrected chi connectivity index (χ2v) is 5.70. The minimum atomic E-state index is 0.821. The lowest BCUT2D eigenvalue weighted by molar-refractivity contribution is 0.152. The van der Waals surface area contributed by atoms with Crippen molar-refractivity contribution in [3.8, 4) is 0 Å². The van der Waals surface area contributed by atoms with Gasteiger partial charge in [0.1, 0.15) is 0 Å². The Bertz CT molecular complexity index is 359. The van der Waals surface area contributed by atoms with Crippen molar-refractivity contribution in [2.45, 2.75) is 33.2 Å². The van der Waals surface area contributed by atoms with E-state index in [9.17, 15) is 0 Å². The van der Waals surface area contributed by atoms with E-state index in [4.69, 9.17) is 9.72 Å². The molecule has 1 N–H and O–H groups in total. The Morgan fingerprint density at radius 2 is 2.28 bits per heavy atom. The van der Waals surface area contributed by atoms with Gasteiger partial charge in [0, 0.05) is 31.1 Å². The summed E-state index contributed by atoms with van der Waals surface area (Å²) in [6.45, 7) is 10.1. The zero-order chi connectivity index (χ0) is 12.8. The SMILES string of the molecule is CCCNCc1sc(N2CCCOCC2)nc1C. The Balaban J connectivity index is 1.97. The topological polar surface area (TPSA) is 37.4 Å². The standard InChI is InChI=1S/C13H23N3OS/c1-3-5-14-10-12-11(2)15-13(18-12)16-6-4-8-17-9-7-16/h14H,3-10H2,1-2H3. The fourth-order valence-electron chi connectivity index (χ4n) is 2.03. The van der Waals surface area contributed by atoms with Gasteiger partial charge in [0.25, 0.3) is 0 Å². The highest BCUT2D eigenvalue weighted by atomic mass is 32.1. The average molecular weight is 269 g/mol. The molecule has 1 saturated heterocycles. The van der Waals surface area contributed by atoms with Gasteiger partial charge in [0.05, 0.1) is 12.3 Å². The fraction of sp³-hybridized carbons (Fsp3) is 0.769. The molecule has 102 valence electrons. The van der Waals surface area contributed by atoms with Crippen molar-refractivity contribution in [3.63, 3.8) is 0 Å². The molecule has 0 radical (unpaired) electrons. The molecule has 0 saturated carbocycles. The zero-order valence-corrected chi connectivity index (χ0v) is 12.2. The van der Waals surface area contributed by atoms with E-state index < -0.39 is 0 Å². The van der Waals surface area contributed by atoms with E-state index in [0.717, 1.165) is 50.9 Å². The molecule has 0 spiro atoms. The molecule has 0 bridgehead atoms. The lowest BCUT2D eigenvalue weighted by Crippen LogP contribution is -2.25. The van der Waals surface area contributed by atoms with Gasteiger partial charge in [0.2, 0.25) is 0 Å². The highest BCUT2D eigenvalue weighted by Crippen LogP contribution is 2.26. The molecular formula is C13H23N3OS. The van der Waals surface area contributed by atoms with Crippen LogP contribution in [-0.2, 0) is 11.3 Å². The summed E-state index contributed by atoms with van der Waals surface area (Å²) >= 11 is 1.82. The first-order valence-corrected chi connectivity index (χ1v) is 7.62. The highest BCUT2D eigenvalue weighted by Gasteiger charge is 2.15. The van der Waals surface area contributed by atoms with Gasteiger partial charge in [-0.25, -0.2) is 4.98 Å². The van der Waals surface area contributed by atoms with E-state index in [1.54, 1.807) is 0 Å². The third-order valence-corrected chi connectivity index (χ3v) is 4.30. The smallest absolute Gasteiger partial charge is 0.185 e. The molecule has 0 atom stereocenters. The Kier molecular flexibility index (Phi) is 5.41. The van der Waals surface area contributed by atoms with Crippen molar-refractivity contribution >= 4 is 16.5 Å². The number of anilines is 1. The van der Waals surface area contributed by atoms with Crippen LogP contribution in [0.3, 0.4) is 0 Å². The van der Waals surface area contributed by atoms with Crippen molar-refractivity contribution in [1.29, 1.82) is 0 Å². The number of rotatable bonds is 5. The van der Waals surface area contributed by atoms with E-state index >= 15 is 0 Å². The van der Waals surface area contributed by atoms with Crippen molar-refractivity contribution in [1.82, 2.24) is 10.3 Å². The van der Waals surface area contributed by atoms with Gasteiger partial charge in [-0.15, -0.1) is 11.3 Å². The largest absolute Gasteiger partial charge is 0.380 e.